The summed E-state index contributed by atoms with van der Waals surface area (Å²) in [7, 11) is 3.36. The SMILES string of the molecule is COc1cccc(NC(=O)C[NH+](C)CC(=O)NCc2ccccc2Cl)c1. The average molecular weight is 377 g/mol. The minimum Gasteiger partial charge on any atom is -0.497 e. The van der Waals surface area contributed by atoms with Crippen LogP contribution in [0.1, 0.15) is 5.56 Å². The predicted molar refractivity (Wildman–Crippen MR) is 102 cm³/mol. The highest BCUT2D eigenvalue weighted by atomic mass is 35.5. The van der Waals surface area contributed by atoms with Crippen molar-refractivity contribution in [3.05, 3.63) is 59.1 Å². The monoisotopic (exact) mass is 376 g/mol. The molecule has 2 aromatic rings. The molecule has 0 heterocycles. The van der Waals surface area contributed by atoms with E-state index < -0.39 is 0 Å². The third-order valence-electron chi connectivity index (χ3n) is 3.71. The van der Waals surface area contributed by atoms with Crippen LogP contribution in [0, 0.1) is 0 Å². The van der Waals surface area contributed by atoms with E-state index in [1.165, 1.54) is 0 Å². The van der Waals surface area contributed by atoms with E-state index >= 15 is 0 Å². The van der Waals surface area contributed by atoms with Crippen molar-refractivity contribution in [1.82, 2.24) is 5.32 Å². The Hall–Kier alpha value is -2.57. The maximum atomic E-state index is 12.1. The summed E-state index contributed by atoms with van der Waals surface area (Å²) in [5, 5.41) is 6.23. The fraction of sp³-hybridized carbons (Fsp3) is 0.263. The first-order chi connectivity index (χ1) is 12.5. The third kappa shape index (κ3) is 6.38. The molecule has 0 spiro atoms. The quantitative estimate of drug-likeness (QED) is 0.646. The van der Waals surface area contributed by atoms with Crippen molar-refractivity contribution in [3.8, 4) is 5.75 Å². The first-order valence-corrected chi connectivity index (χ1v) is 8.61. The van der Waals surface area contributed by atoms with Crippen LogP contribution in [0.4, 0.5) is 5.69 Å². The number of quaternary nitrogens is 1. The van der Waals surface area contributed by atoms with Crippen LogP contribution < -0.4 is 20.3 Å². The highest BCUT2D eigenvalue weighted by Gasteiger charge is 2.14. The molecule has 26 heavy (non-hydrogen) atoms. The summed E-state index contributed by atoms with van der Waals surface area (Å²) in [6.07, 6.45) is 0. The highest BCUT2D eigenvalue weighted by molar-refractivity contribution is 6.31. The van der Waals surface area contributed by atoms with E-state index in [9.17, 15) is 9.59 Å². The lowest BCUT2D eigenvalue weighted by Crippen LogP contribution is -3.11. The smallest absolute Gasteiger partial charge is 0.279 e. The minimum absolute atomic E-state index is 0.142. The van der Waals surface area contributed by atoms with Crippen LogP contribution in [-0.4, -0.2) is 39.1 Å². The number of nitrogens with one attached hydrogen (secondary N) is 3. The van der Waals surface area contributed by atoms with Gasteiger partial charge in [-0.3, -0.25) is 9.59 Å². The molecule has 0 saturated carbocycles. The average Bonchev–Trinajstić information content (AvgIpc) is 2.60. The van der Waals surface area contributed by atoms with Crippen LogP contribution in [0.25, 0.3) is 0 Å². The maximum absolute atomic E-state index is 12.1. The lowest BCUT2D eigenvalue weighted by Gasteiger charge is -2.14. The molecule has 0 aliphatic carbocycles. The summed E-state index contributed by atoms with van der Waals surface area (Å²) >= 11 is 6.06. The summed E-state index contributed by atoms with van der Waals surface area (Å²) in [5.74, 6) is 0.355. The second-order valence-corrected chi connectivity index (χ2v) is 6.37. The second kappa shape index (κ2) is 9.79. The van der Waals surface area contributed by atoms with Crippen LogP contribution in [0.3, 0.4) is 0 Å². The molecule has 0 saturated heterocycles. The number of likely N-dealkylation sites (N-methyl/N-ethyl adjacent to an activating group) is 1. The molecule has 1 atom stereocenters. The van der Waals surface area contributed by atoms with Crippen molar-refractivity contribution < 1.29 is 19.2 Å². The highest BCUT2D eigenvalue weighted by Crippen LogP contribution is 2.16. The van der Waals surface area contributed by atoms with Gasteiger partial charge in [0.2, 0.25) is 0 Å². The van der Waals surface area contributed by atoms with Gasteiger partial charge in [0.1, 0.15) is 5.75 Å². The number of carbonyl (C=O) groups is 2. The number of carbonyl (C=O) groups excluding carboxylic acids is 2. The molecule has 2 aromatic carbocycles. The Morgan fingerprint density at radius 1 is 1.08 bits per heavy atom. The summed E-state index contributed by atoms with van der Waals surface area (Å²) < 4.78 is 5.12. The van der Waals surface area contributed by atoms with E-state index in [2.05, 4.69) is 10.6 Å². The Morgan fingerprint density at radius 2 is 1.81 bits per heavy atom. The standard InChI is InChI=1S/C19H22ClN3O3/c1-23(12-18(24)21-11-14-6-3-4-9-17(14)20)13-19(25)22-15-7-5-8-16(10-15)26-2/h3-10H,11-13H2,1-2H3,(H,21,24)(H,22,25)/p+1. The van der Waals surface area contributed by atoms with E-state index in [1.54, 1.807) is 44.5 Å². The Bertz CT molecular complexity index is 767. The molecular weight excluding hydrogens is 354 g/mol. The van der Waals surface area contributed by atoms with Crippen LogP contribution in [0.2, 0.25) is 5.02 Å². The molecule has 0 fully saturated rings. The lowest BCUT2D eigenvalue weighted by atomic mass is 10.2. The van der Waals surface area contributed by atoms with Gasteiger partial charge in [-0.1, -0.05) is 35.9 Å². The van der Waals surface area contributed by atoms with E-state index in [0.29, 0.717) is 23.0 Å². The zero-order valence-electron chi connectivity index (χ0n) is 14.8. The summed E-state index contributed by atoms with van der Waals surface area (Å²) in [5.41, 5.74) is 1.52. The van der Waals surface area contributed by atoms with Crippen molar-refractivity contribution in [3.63, 3.8) is 0 Å². The van der Waals surface area contributed by atoms with Crippen LogP contribution in [-0.2, 0) is 16.1 Å². The number of methoxy groups -OCH3 is 1. The van der Waals surface area contributed by atoms with E-state index in [4.69, 9.17) is 16.3 Å². The number of hydrogen-bond donors (Lipinski definition) is 3. The van der Waals surface area contributed by atoms with Crippen LogP contribution >= 0.6 is 11.6 Å². The Morgan fingerprint density at radius 3 is 2.54 bits per heavy atom. The molecule has 0 aromatic heterocycles. The van der Waals surface area contributed by atoms with Gasteiger partial charge < -0.3 is 20.3 Å². The number of rotatable bonds is 8. The van der Waals surface area contributed by atoms with Gasteiger partial charge in [-0.05, 0) is 23.8 Å². The molecule has 6 nitrogen and oxygen atoms in total. The third-order valence-corrected chi connectivity index (χ3v) is 4.08. The van der Waals surface area contributed by atoms with E-state index in [1.807, 2.05) is 18.2 Å². The van der Waals surface area contributed by atoms with Gasteiger partial charge in [-0.2, -0.15) is 0 Å². The molecule has 3 N–H and O–H groups in total. The van der Waals surface area contributed by atoms with Gasteiger partial charge in [0.25, 0.3) is 11.8 Å². The van der Waals surface area contributed by atoms with Crippen molar-refractivity contribution in [2.24, 2.45) is 0 Å². The van der Waals surface area contributed by atoms with Crippen LogP contribution in [0.5, 0.6) is 5.75 Å². The Labute approximate surface area is 158 Å². The number of ether oxygens (including phenoxy) is 1. The van der Waals surface area contributed by atoms with Crippen molar-refractivity contribution in [2.75, 3.05) is 32.6 Å². The molecule has 0 radical (unpaired) electrons. The van der Waals surface area contributed by atoms with E-state index in [0.717, 1.165) is 10.5 Å². The van der Waals surface area contributed by atoms with Gasteiger partial charge in [0.15, 0.2) is 13.1 Å². The molecule has 0 bridgehead atoms. The first-order valence-electron chi connectivity index (χ1n) is 8.23. The molecule has 2 rings (SSSR count). The molecule has 2 amide bonds. The van der Waals surface area contributed by atoms with Gasteiger partial charge in [-0.15, -0.1) is 0 Å². The summed E-state index contributed by atoms with van der Waals surface area (Å²) in [4.78, 5) is 24.9. The predicted octanol–water partition coefficient (Wildman–Crippen LogP) is 1.12. The zero-order chi connectivity index (χ0) is 18.9. The summed E-state index contributed by atoms with van der Waals surface area (Å²) in [6.45, 7) is 0.731. The fourth-order valence-electron chi connectivity index (χ4n) is 2.41. The van der Waals surface area contributed by atoms with Crippen molar-refractivity contribution in [1.29, 1.82) is 0 Å². The van der Waals surface area contributed by atoms with Gasteiger partial charge in [0, 0.05) is 23.3 Å². The Kier molecular flexibility index (Phi) is 7.44. The first kappa shape index (κ1) is 19.8. The topological polar surface area (TPSA) is 71.9 Å². The molecule has 1 unspecified atom stereocenters. The normalized spacial score (nSPS) is 11.5. The number of anilines is 1. The van der Waals surface area contributed by atoms with Gasteiger partial charge >= 0.3 is 0 Å². The minimum atomic E-state index is -0.172. The molecule has 138 valence electrons. The number of halogens is 1. The number of hydrogen-bond acceptors (Lipinski definition) is 3. The maximum Gasteiger partial charge on any atom is 0.279 e. The molecule has 7 heteroatoms. The number of benzene rings is 2. The largest absolute Gasteiger partial charge is 0.497 e. The number of amides is 2. The summed E-state index contributed by atoms with van der Waals surface area (Å²) in [6, 6.07) is 14.5. The fourth-order valence-corrected chi connectivity index (χ4v) is 2.62. The molecular formula is C19H23ClN3O3+. The Balaban J connectivity index is 1.76. The van der Waals surface area contributed by atoms with Gasteiger partial charge in [-0.25, -0.2) is 0 Å². The molecule has 0 aliphatic heterocycles. The molecule has 0 aliphatic rings. The van der Waals surface area contributed by atoms with Gasteiger partial charge in [0.05, 0.1) is 14.2 Å². The zero-order valence-corrected chi connectivity index (χ0v) is 15.6. The lowest BCUT2D eigenvalue weighted by molar-refractivity contribution is -0.862. The second-order valence-electron chi connectivity index (χ2n) is 5.96. The van der Waals surface area contributed by atoms with Crippen molar-refractivity contribution in [2.45, 2.75) is 6.54 Å². The van der Waals surface area contributed by atoms with Crippen LogP contribution in [0.15, 0.2) is 48.5 Å². The van der Waals surface area contributed by atoms with E-state index in [-0.39, 0.29) is 24.9 Å². The van der Waals surface area contributed by atoms with Crippen molar-refractivity contribution >= 4 is 29.1 Å².